The second-order valence-corrected chi connectivity index (χ2v) is 3.18. The molecule has 0 spiro atoms. The monoisotopic (exact) mass is 229 g/mol. The summed E-state index contributed by atoms with van der Waals surface area (Å²) in [6.07, 6.45) is 1.24. The van der Waals surface area contributed by atoms with Gasteiger partial charge in [-0.2, -0.15) is 8.78 Å². The van der Waals surface area contributed by atoms with Crippen molar-refractivity contribution in [3.63, 3.8) is 0 Å². The summed E-state index contributed by atoms with van der Waals surface area (Å²) in [7, 11) is 1.29. The van der Waals surface area contributed by atoms with Crippen LogP contribution in [-0.4, -0.2) is 23.8 Å². The number of amides is 1. The van der Waals surface area contributed by atoms with E-state index in [1.165, 1.54) is 20.0 Å². The number of hydrogen-bond acceptors (Lipinski definition) is 1. The highest BCUT2D eigenvalue weighted by molar-refractivity contribution is 5.94. The summed E-state index contributed by atoms with van der Waals surface area (Å²) in [5.74, 6) is -4.70. The molecule has 0 atom stereocenters. The largest absolute Gasteiger partial charge is 0.352 e. The summed E-state index contributed by atoms with van der Waals surface area (Å²) in [6.45, 7) is 12.3. The van der Waals surface area contributed by atoms with Crippen molar-refractivity contribution in [2.75, 3.05) is 7.05 Å². The molecule has 0 aromatic carbocycles. The molecule has 0 aromatic rings. The third-order valence-electron chi connectivity index (χ3n) is 2.12. The van der Waals surface area contributed by atoms with E-state index in [4.69, 9.17) is 0 Å². The zero-order valence-corrected chi connectivity index (χ0v) is 10.1. The summed E-state index contributed by atoms with van der Waals surface area (Å²) in [6, 6.07) is 0. The maximum absolute atomic E-state index is 13.4. The molecule has 1 rings (SSSR count). The molecule has 0 N–H and O–H groups in total. The lowest BCUT2D eigenvalue weighted by molar-refractivity contribution is -0.144. The molecule has 0 saturated carbocycles. The quantitative estimate of drug-likeness (QED) is 0.712. The summed E-state index contributed by atoms with van der Waals surface area (Å²) in [4.78, 5) is 12.1. The van der Waals surface area contributed by atoms with Crippen molar-refractivity contribution in [3.05, 3.63) is 36.1 Å². The number of likely N-dealkylation sites (N-methyl/N-ethyl adjacent to an activating group) is 1. The van der Waals surface area contributed by atoms with Crippen molar-refractivity contribution in [3.8, 4) is 0 Å². The number of carbonyl (C=O) groups is 1. The van der Waals surface area contributed by atoms with Crippen LogP contribution in [0.15, 0.2) is 36.1 Å². The number of alkyl halides is 2. The highest BCUT2D eigenvalue weighted by Gasteiger charge is 2.52. The number of rotatable bonds is 2. The Morgan fingerprint density at radius 1 is 1.44 bits per heavy atom. The molecule has 1 aliphatic rings. The fraction of sp³-hybridized carbons (Fsp3) is 0.417. The van der Waals surface area contributed by atoms with Crippen LogP contribution in [0.1, 0.15) is 20.8 Å². The van der Waals surface area contributed by atoms with E-state index in [2.05, 4.69) is 13.2 Å². The van der Waals surface area contributed by atoms with Crippen LogP contribution in [0.2, 0.25) is 0 Å². The van der Waals surface area contributed by atoms with Gasteiger partial charge in [-0.1, -0.05) is 27.0 Å². The Morgan fingerprint density at radius 3 is 2.12 bits per heavy atom. The van der Waals surface area contributed by atoms with Crippen LogP contribution in [0.25, 0.3) is 0 Å². The Kier molecular flexibility index (Phi) is 4.60. The number of allylic oxidation sites excluding steroid dienone is 2. The third-order valence-corrected chi connectivity index (χ3v) is 2.12. The van der Waals surface area contributed by atoms with E-state index >= 15 is 0 Å². The summed E-state index contributed by atoms with van der Waals surface area (Å²) in [5.41, 5.74) is -0.0184. The average Bonchev–Trinajstić information content (AvgIpc) is 2.41. The van der Waals surface area contributed by atoms with Gasteiger partial charge in [-0.15, -0.1) is 0 Å². The standard InChI is InChI=1S/C10H11F2NO.C2H6/c1-5-7-8(6(2)3)10(11,12)9(14)13(7)4;1-2/h5H,1-2H2,3-4H3;1-2H3. The van der Waals surface area contributed by atoms with Gasteiger partial charge in [-0.05, 0) is 18.6 Å². The smallest absolute Gasteiger partial charge is 0.309 e. The van der Waals surface area contributed by atoms with Crippen LogP contribution in [0.4, 0.5) is 8.78 Å². The first-order valence-corrected chi connectivity index (χ1v) is 5.03. The van der Waals surface area contributed by atoms with E-state index < -0.39 is 11.8 Å². The molecular weight excluding hydrogens is 212 g/mol. The van der Waals surface area contributed by atoms with Crippen LogP contribution < -0.4 is 0 Å². The van der Waals surface area contributed by atoms with Crippen LogP contribution >= 0.6 is 0 Å². The van der Waals surface area contributed by atoms with Gasteiger partial charge in [-0.3, -0.25) is 4.79 Å². The van der Waals surface area contributed by atoms with E-state index in [0.717, 1.165) is 4.90 Å². The second kappa shape index (κ2) is 5.05. The van der Waals surface area contributed by atoms with E-state index in [9.17, 15) is 13.6 Å². The van der Waals surface area contributed by atoms with Crippen LogP contribution in [0.5, 0.6) is 0 Å². The fourth-order valence-corrected chi connectivity index (χ4v) is 1.48. The van der Waals surface area contributed by atoms with Crippen molar-refractivity contribution in [2.24, 2.45) is 0 Å². The zero-order valence-electron chi connectivity index (χ0n) is 10.1. The molecule has 1 amide bonds. The van der Waals surface area contributed by atoms with Crippen molar-refractivity contribution in [2.45, 2.75) is 26.7 Å². The van der Waals surface area contributed by atoms with Gasteiger partial charge in [0.15, 0.2) is 0 Å². The predicted octanol–water partition coefficient (Wildman–Crippen LogP) is 3.14. The van der Waals surface area contributed by atoms with Gasteiger partial charge in [0.1, 0.15) is 0 Å². The second-order valence-electron chi connectivity index (χ2n) is 3.18. The molecule has 2 nitrogen and oxygen atoms in total. The maximum Gasteiger partial charge on any atom is 0.352 e. The SMILES string of the molecule is C=CC1=C(C(=C)C)C(F)(F)C(=O)N1C.CC. The van der Waals surface area contributed by atoms with Gasteiger partial charge in [0.2, 0.25) is 0 Å². The molecule has 90 valence electrons. The predicted molar refractivity (Wildman–Crippen MR) is 61.1 cm³/mol. The molecule has 1 aliphatic heterocycles. The van der Waals surface area contributed by atoms with Crippen molar-refractivity contribution in [1.29, 1.82) is 0 Å². The lowest BCUT2D eigenvalue weighted by Crippen LogP contribution is -2.33. The topological polar surface area (TPSA) is 20.3 Å². The summed E-state index contributed by atoms with van der Waals surface area (Å²) >= 11 is 0. The van der Waals surface area contributed by atoms with E-state index in [1.807, 2.05) is 13.8 Å². The number of nitrogens with zero attached hydrogens (tertiary/aromatic N) is 1. The van der Waals surface area contributed by atoms with E-state index in [0.29, 0.717) is 0 Å². The van der Waals surface area contributed by atoms with Crippen molar-refractivity contribution < 1.29 is 13.6 Å². The van der Waals surface area contributed by atoms with Gasteiger partial charge in [-0.25, -0.2) is 0 Å². The van der Waals surface area contributed by atoms with Crippen molar-refractivity contribution >= 4 is 5.91 Å². The van der Waals surface area contributed by atoms with Gasteiger partial charge in [0.05, 0.1) is 11.3 Å². The summed E-state index contributed by atoms with van der Waals surface area (Å²) < 4.78 is 26.8. The van der Waals surface area contributed by atoms with Crippen molar-refractivity contribution in [1.82, 2.24) is 4.90 Å². The first-order chi connectivity index (χ1) is 7.34. The molecular formula is C12H17F2NO. The van der Waals surface area contributed by atoms with E-state index in [-0.39, 0.29) is 16.8 Å². The molecule has 16 heavy (non-hydrogen) atoms. The zero-order chi connectivity index (χ0) is 13.1. The Hall–Kier alpha value is -1.45. The highest BCUT2D eigenvalue weighted by atomic mass is 19.3. The fourth-order valence-electron chi connectivity index (χ4n) is 1.48. The first kappa shape index (κ1) is 14.6. The Balaban J connectivity index is 0.00000106. The van der Waals surface area contributed by atoms with Gasteiger partial charge in [0, 0.05) is 7.05 Å². The molecule has 1 heterocycles. The number of halogens is 2. The molecule has 0 aromatic heterocycles. The third kappa shape index (κ3) is 2.05. The molecule has 0 radical (unpaired) electrons. The lowest BCUT2D eigenvalue weighted by Gasteiger charge is -2.11. The Labute approximate surface area is 94.9 Å². The first-order valence-electron chi connectivity index (χ1n) is 5.03. The van der Waals surface area contributed by atoms with Gasteiger partial charge in [0.25, 0.3) is 0 Å². The molecule has 0 saturated heterocycles. The van der Waals surface area contributed by atoms with Gasteiger partial charge >= 0.3 is 11.8 Å². The summed E-state index contributed by atoms with van der Waals surface area (Å²) in [5, 5.41) is 0. The molecule has 0 bridgehead atoms. The minimum atomic E-state index is -3.47. The minimum Gasteiger partial charge on any atom is -0.309 e. The van der Waals surface area contributed by atoms with Crippen LogP contribution in [-0.2, 0) is 4.79 Å². The minimum absolute atomic E-state index is 0.132. The molecule has 0 aliphatic carbocycles. The van der Waals surface area contributed by atoms with E-state index in [1.54, 1.807) is 0 Å². The molecule has 0 fully saturated rings. The molecule has 0 unspecified atom stereocenters. The maximum atomic E-state index is 13.4. The average molecular weight is 229 g/mol. The van der Waals surface area contributed by atoms with Gasteiger partial charge < -0.3 is 4.90 Å². The Morgan fingerprint density at radius 2 is 1.88 bits per heavy atom. The highest BCUT2D eigenvalue weighted by Crippen LogP contribution is 2.40. The molecule has 4 heteroatoms. The number of hydrogen-bond donors (Lipinski definition) is 0. The number of carbonyl (C=O) groups excluding carboxylic acids is 1. The normalized spacial score (nSPS) is 18.1. The lowest BCUT2D eigenvalue weighted by atomic mass is 10.0. The van der Waals surface area contributed by atoms with Crippen LogP contribution in [0, 0.1) is 0 Å². The Bertz CT molecular complexity index is 356. The van der Waals surface area contributed by atoms with Crippen LogP contribution in [0.3, 0.4) is 0 Å².